The number of nitrogens with zero attached hydrogens (tertiary/aromatic N) is 1. The molecule has 1 saturated heterocycles. The molecule has 0 radical (unpaired) electrons. The third-order valence-electron chi connectivity index (χ3n) is 4.30. The summed E-state index contributed by atoms with van der Waals surface area (Å²) in [6.45, 7) is 2.36. The van der Waals surface area contributed by atoms with Crippen LogP contribution in [0.15, 0.2) is 47.3 Å². The van der Waals surface area contributed by atoms with Crippen molar-refractivity contribution in [3.8, 4) is 0 Å². The zero-order chi connectivity index (χ0) is 17.8. The molecule has 1 N–H and O–H groups in total. The van der Waals surface area contributed by atoms with Crippen LogP contribution in [0.3, 0.4) is 0 Å². The number of amides is 1. The smallest absolute Gasteiger partial charge is 0.329 e. The van der Waals surface area contributed by atoms with E-state index in [4.69, 9.17) is 4.74 Å². The number of rotatable bonds is 4. The van der Waals surface area contributed by atoms with Gasteiger partial charge >= 0.3 is 5.97 Å². The molecule has 0 spiro atoms. The third-order valence-corrected chi connectivity index (χ3v) is 4.30. The van der Waals surface area contributed by atoms with Crippen molar-refractivity contribution in [2.45, 2.75) is 32.4 Å². The van der Waals surface area contributed by atoms with Gasteiger partial charge in [0.1, 0.15) is 18.2 Å². The van der Waals surface area contributed by atoms with Gasteiger partial charge in [-0.15, -0.1) is 0 Å². The lowest BCUT2D eigenvalue weighted by Gasteiger charge is -2.23. The minimum absolute atomic E-state index is 0.0494. The minimum Gasteiger partial charge on any atom is -0.459 e. The number of esters is 1. The lowest BCUT2D eigenvalue weighted by molar-refractivity contribution is -0.149. The largest absolute Gasteiger partial charge is 0.459 e. The first-order valence-corrected chi connectivity index (χ1v) is 8.28. The predicted octanol–water partition coefficient (Wildman–Crippen LogP) is 2.03. The first-order chi connectivity index (χ1) is 12.1. The monoisotopic (exact) mass is 340 g/mol. The van der Waals surface area contributed by atoms with Gasteiger partial charge in [-0.2, -0.15) is 0 Å². The van der Waals surface area contributed by atoms with E-state index in [1.54, 1.807) is 13.0 Å². The number of H-pyrrole nitrogens is 1. The number of carbonyl (C=O) groups is 2. The van der Waals surface area contributed by atoms with Crippen molar-refractivity contribution in [3.63, 3.8) is 0 Å². The SMILES string of the molecule is Cc1ccc(C(=O)N2CCC[C@H]2C(=O)OCc2ccccc2)c(=O)[nH]1. The Bertz CT molecular complexity index is 829. The number of carbonyl (C=O) groups excluding carboxylic acids is 2. The van der Waals surface area contributed by atoms with Gasteiger partial charge in [0.15, 0.2) is 0 Å². The van der Waals surface area contributed by atoms with Crippen molar-refractivity contribution in [2.24, 2.45) is 0 Å². The number of nitrogens with one attached hydrogen (secondary N) is 1. The summed E-state index contributed by atoms with van der Waals surface area (Å²) in [6.07, 6.45) is 1.25. The van der Waals surface area contributed by atoms with E-state index in [9.17, 15) is 14.4 Å². The van der Waals surface area contributed by atoms with Crippen molar-refractivity contribution in [3.05, 3.63) is 69.6 Å². The van der Waals surface area contributed by atoms with E-state index in [0.29, 0.717) is 25.1 Å². The van der Waals surface area contributed by atoms with E-state index in [2.05, 4.69) is 4.98 Å². The first kappa shape index (κ1) is 17.0. The van der Waals surface area contributed by atoms with Gasteiger partial charge in [0.2, 0.25) is 0 Å². The number of pyridine rings is 1. The number of ether oxygens (including phenoxy) is 1. The molecular weight excluding hydrogens is 320 g/mol. The number of hydrogen-bond donors (Lipinski definition) is 1. The summed E-state index contributed by atoms with van der Waals surface area (Å²) in [5.74, 6) is -0.862. The van der Waals surface area contributed by atoms with Crippen molar-refractivity contribution in [1.82, 2.24) is 9.88 Å². The van der Waals surface area contributed by atoms with Crippen LogP contribution in [-0.2, 0) is 16.1 Å². The van der Waals surface area contributed by atoms with Gasteiger partial charge in [-0.1, -0.05) is 30.3 Å². The molecule has 1 aromatic carbocycles. The molecule has 1 aromatic heterocycles. The lowest BCUT2D eigenvalue weighted by Crippen LogP contribution is -2.43. The second-order valence-electron chi connectivity index (χ2n) is 6.13. The van der Waals surface area contributed by atoms with Gasteiger partial charge in [0.05, 0.1) is 0 Å². The Morgan fingerprint density at radius 3 is 2.68 bits per heavy atom. The zero-order valence-electron chi connectivity index (χ0n) is 14.0. The second-order valence-corrected chi connectivity index (χ2v) is 6.13. The Labute approximate surface area is 145 Å². The molecule has 3 rings (SSSR count). The van der Waals surface area contributed by atoms with Crippen LogP contribution in [-0.4, -0.2) is 34.3 Å². The Kier molecular flexibility index (Phi) is 4.97. The average molecular weight is 340 g/mol. The molecule has 1 aliphatic heterocycles. The predicted molar refractivity (Wildman–Crippen MR) is 92.1 cm³/mol. The standard InChI is InChI=1S/C19H20N2O4/c1-13-9-10-15(17(22)20-13)18(23)21-11-5-8-16(21)19(24)25-12-14-6-3-2-4-7-14/h2-4,6-7,9-10,16H,5,8,11-12H2,1H3,(H,20,22)/t16-/m0/s1. The molecule has 6 heteroatoms. The molecule has 0 bridgehead atoms. The van der Waals surface area contributed by atoms with Crippen molar-refractivity contribution >= 4 is 11.9 Å². The third kappa shape index (κ3) is 3.79. The van der Waals surface area contributed by atoms with Crippen LogP contribution in [0.25, 0.3) is 0 Å². The van der Waals surface area contributed by atoms with Crippen LogP contribution in [0.1, 0.15) is 34.5 Å². The van der Waals surface area contributed by atoms with Crippen LogP contribution < -0.4 is 5.56 Å². The number of benzene rings is 1. The molecule has 130 valence electrons. The quantitative estimate of drug-likeness (QED) is 0.864. The van der Waals surface area contributed by atoms with Crippen LogP contribution in [0, 0.1) is 6.92 Å². The van der Waals surface area contributed by atoms with E-state index in [0.717, 1.165) is 5.56 Å². The minimum atomic E-state index is -0.642. The Morgan fingerprint density at radius 1 is 1.20 bits per heavy atom. The summed E-state index contributed by atoms with van der Waals surface area (Å²) >= 11 is 0. The molecule has 1 atom stereocenters. The molecule has 0 saturated carbocycles. The molecule has 0 aliphatic carbocycles. The van der Waals surface area contributed by atoms with Crippen molar-refractivity contribution in [2.75, 3.05) is 6.54 Å². The van der Waals surface area contributed by atoms with Gasteiger partial charge in [-0.3, -0.25) is 9.59 Å². The summed E-state index contributed by atoms with van der Waals surface area (Å²) < 4.78 is 5.36. The molecule has 25 heavy (non-hydrogen) atoms. The summed E-state index contributed by atoms with van der Waals surface area (Å²) in [4.78, 5) is 41.1. The van der Waals surface area contributed by atoms with Crippen molar-refractivity contribution in [1.29, 1.82) is 0 Å². The average Bonchev–Trinajstić information content (AvgIpc) is 3.10. The fourth-order valence-electron chi connectivity index (χ4n) is 2.97. The van der Waals surface area contributed by atoms with Gasteiger partial charge in [-0.05, 0) is 37.5 Å². The second kappa shape index (κ2) is 7.34. The van der Waals surface area contributed by atoms with Gasteiger partial charge in [-0.25, -0.2) is 4.79 Å². The van der Waals surface area contributed by atoms with Gasteiger partial charge in [0, 0.05) is 12.2 Å². The zero-order valence-corrected chi connectivity index (χ0v) is 14.0. The number of hydrogen-bond acceptors (Lipinski definition) is 4. The van der Waals surface area contributed by atoms with Crippen molar-refractivity contribution < 1.29 is 14.3 Å². The summed E-state index contributed by atoms with van der Waals surface area (Å²) in [5, 5.41) is 0. The maximum absolute atomic E-state index is 12.7. The molecule has 2 heterocycles. The van der Waals surface area contributed by atoms with E-state index >= 15 is 0 Å². The number of likely N-dealkylation sites (tertiary alicyclic amines) is 1. The summed E-state index contributed by atoms with van der Waals surface area (Å²) in [6, 6.07) is 11.9. The van der Waals surface area contributed by atoms with Crippen LogP contribution in [0.2, 0.25) is 0 Å². The maximum atomic E-state index is 12.7. The number of aryl methyl sites for hydroxylation is 1. The lowest BCUT2D eigenvalue weighted by atomic mass is 10.2. The van der Waals surface area contributed by atoms with E-state index in [1.165, 1.54) is 11.0 Å². The highest BCUT2D eigenvalue weighted by atomic mass is 16.5. The van der Waals surface area contributed by atoms with Gasteiger partial charge in [0.25, 0.3) is 11.5 Å². The van der Waals surface area contributed by atoms with E-state index in [1.807, 2.05) is 30.3 Å². The summed E-state index contributed by atoms with van der Waals surface area (Å²) in [5.41, 5.74) is 1.19. The highest BCUT2D eigenvalue weighted by molar-refractivity contribution is 5.96. The number of aromatic nitrogens is 1. The molecular formula is C19H20N2O4. The topological polar surface area (TPSA) is 79.5 Å². The van der Waals surface area contributed by atoms with Crippen LogP contribution in [0.4, 0.5) is 0 Å². The maximum Gasteiger partial charge on any atom is 0.329 e. The fourth-order valence-corrected chi connectivity index (χ4v) is 2.97. The van der Waals surface area contributed by atoms with Crippen LogP contribution >= 0.6 is 0 Å². The molecule has 1 aliphatic rings. The highest BCUT2D eigenvalue weighted by Gasteiger charge is 2.36. The molecule has 1 fully saturated rings. The van der Waals surface area contributed by atoms with Crippen LogP contribution in [0.5, 0.6) is 0 Å². The van der Waals surface area contributed by atoms with Gasteiger partial charge < -0.3 is 14.6 Å². The first-order valence-electron chi connectivity index (χ1n) is 8.28. The van der Waals surface area contributed by atoms with E-state index < -0.39 is 23.5 Å². The fraction of sp³-hybridized carbons (Fsp3) is 0.316. The Hall–Kier alpha value is -2.89. The van der Waals surface area contributed by atoms with E-state index in [-0.39, 0.29) is 12.2 Å². The Balaban J connectivity index is 1.70. The highest BCUT2D eigenvalue weighted by Crippen LogP contribution is 2.21. The number of aromatic amines is 1. The molecule has 1 amide bonds. The normalized spacial score (nSPS) is 16.7. The molecule has 6 nitrogen and oxygen atoms in total. The summed E-state index contributed by atoms with van der Waals surface area (Å²) in [7, 11) is 0. The molecule has 0 unspecified atom stereocenters. The molecule has 2 aromatic rings. The Morgan fingerprint density at radius 2 is 1.96 bits per heavy atom.